The molecule has 0 bridgehead atoms. The van der Waals surface area contributed by atoms with Gasteiger partial charge in [-0.3, -0.25) is 0 Å². The maximum absolute atomic E-state index is 12.5. The molecule has 2 rings (SSSR count). The summed E-state index contributed by atoms with van der Waals surface area (Å²) < 4.78 is 5.08. The van der Waals surface area contributed by atoms with Crippen LogP contribution in [0.15, 0.2) is 11.6 Å². The Balaban J connectivity index is 1.98. The van der Waals surface area contributed by atoms with E-state index in [1.54, 1.807) is 12.0 Å². The molecule has 2 heterocycles. The number of hydrogen-bond acceptors (Lipinski definition) is 3. The lowest BCUT2D eigenvalue weighted by atomic mass is 10.0. The van der Waals surface area contributed by atoms with Crippen molar-refractivity contribution in [1.82, 2.24) is 9.80 Å². The number of nitrogens with zero attached hydrogens (tertiary/aromatic N) is 2. The van der Waals surface area contributed by atoms with Gasteiger partial charge in [-0.05, 0) is 31.3 Å². The zero-order chi connectivity index (χ0) is 14.5. The Labute approximate surface area is 119 Å². The Morgan fingerprint density at radius 3 is 2.80 bits per heavy atom. The highest BCUT2D eigenvalue weighted by Gasteiger charge is 2.34. The van der Waals surface area contributed by atoms with Crippen LogP contribution in [0.25, 0.3) is 0 Å². The number of hydrogen-bond donors (Lipinski definition) is 1. The molecule has 2 amide bonds. The SMILES string of the molecule is COCC1=CCN(C(=O)N2CCCCC2C(=O)O)CC1. The van der Waals surface area contributed by atoms with E-state index in [2.05, 4.69) is 0 Å². The molecule has 1 N–H and O–H groups in total. The number of carboxylic acid groups (broad SMARTS) is 1. The molecule has 0 aliphatic carbocycles. The molecule has 0 aromatic heterocycles. The number of urea groups is 1. The zero-order valence-electron chi connectivity index (χ0n) is 11.9. The first kappa shape index (κ1) is 14.8. The van der Waals surface area contributed by atoms with E-state index in [1.807, 2.05) is 6.08 Å². The van der Waals surface area contributed by atoms with E-state index in [4.69, 9.17) is 4.74 Å². The fourth-order valence-electron chi connectivity index (χ4n) is 2.80. The van der Waals surface area contributed by atoms with Crippen LogP contribution in [0, 0.1) is 0 Å². The van der Waals surface area contributed by atoms with Crippen molar-refractivity contribution in [3.8, 4) is 0 Å². The van der Waals surface area contributed by atoms with Crippen LogP contribution in [0.4, 0.5) is 4.79 Å². The lowest BCUT2D eigenvalue weighted by Gasteiger charge is -2.37. The first-order chi connectivity index (χ1) is 9.63. The maximum atomic E-state index is 12.5. The van der Waals surface area contributed by atoms with Crippen LogP contribution in [-0.2, 0) is 9.53 Å². The fraction of sp³-hybridized carbons (Fsp3) is 0.714. The molecule has 0 aromatic carbocycles. The van der Waals surface area contributed by atoms with Crippen molar-refractivity contribution < 1.29 is 19.4 Å². The molecule has 20 heavy (non-hydrogen) atoms. The molecule has 1 unspecified atom stereocenters. The lowest BCUT2D eigenvalue weighted by molar-refractivity contribution is -0.143. The molecule has 0 radical (unpaired) electrons. The van der Waals surface area contributed by atoms with Gasteiger partial charge in [-0.15, -0.1) is 0 Å². The molecule has 0 saturated carbocycles. The maximum Gasteiger partial charge on any atom is 0.326 e. The van der Waals surface area contributed by atoms with E-state index in [-0.39, 0.29) is 6.03 Å². The number of piperidine rings is 1. The van der Waals surface area contributed by atoms with E-state index >= 15 is 0 Å². The third-order valence-electron chi connectivity index (χ3n) is 3.94. The Morgan fingerprint density at radius 1 is 1.40 bits per heavy atom. The van der Waals surface area contributed by atoms with Crippen LogP contribution in [0.1, 0.15) is 25.7 Å². The second-order valence-corrected chi connectivity index (χ2v) is 5.32. The molecule has 0 spiro atoms. The summed E-state index contributed by atoms with van der Waals surface area (Å²) in [6.45, 7) is 2.32. The Morgan fingerprint density at radius 2 is 2.20 bits per heavy atom. The largest absolute Gasteiger partial charge is 0.480 e. The summed E-state index contributed by atoms with van der Waals surface area (Å²) in [5, 5.41) is 9.23. The van der Waals surface area contributed by atoms with E-state index in [1.165, 1.54) is 10.5 Å². The van der Waals surface area contributed by atoms with Gasteiger partial charge in [0, 0.05) is 26.7 Å². The molecule has 1 saturated heterocycles. The molecule has 1 atom stereocenters. The minimum atomic E-state index is -0.898. The summed E-state index contributed by atoms with van der Waals surface area (Å²) in [4.78, 5) is 26.9. The average Bonchev–Trinajstić information content (AvgIpc) is 2.47. The molecule has 6 heteroatoms. The van der Waals surface area contributed by atoms with Crippen LogP contribution in [0.2, 0.25) is 0 Å². The Hall–Kier alpha value is -1.56. The smallest absolute Gasteiger partial charge is 0.326 e. The summed E-state index contributed by atoms with van der Waals surface area (Å²) >= 11 is 0. The standard InChI is InChI=1S/C14H22N2O4/c1-20-10-11-5-8-15(9-6-11)14(19)16-7-3-2-4-12(16)13(17)18/h5,12H,2-4,6-10H2,1H3,(H,17,18). The summed E-state index contributed by atoms with van der Waals surface area (Å²) in [6.07, 6.45) is 5.11. The van der Waals surface area contributed by atoms with Crippen molar-refractivity contribution in [2.45, 2.75) is 31.7 Å². The molecule has 112 valence electrons. The van der Waals surface area contributed by atoms with Gasteiger partial charge in [-0.25, -0.2) is 9.59 Å². The monoisotopic (exact) mass is 282 g/mol. The van der Waals surface area contributed by atoms with Gasteiger partial charge >= 0.3 is 12.0 Å². The van der Waals surface area contributed by atoms with E-state index in [9.17, 15) is 14.7 Å². The van der Waals surface area contributed by atoms with Gasteiger partial charge in [0.15, 0.2) is 0 Å². The predicted molar refractivity (Wildman–Crippen MR) is 73.5 cm³/mol. The van der Waals surface area contributed by atoms with Crippen LogP contribution >= 0.6 is 0 Å². The highest BCUT2D eigenvalue weighted by Crippen LogP contribution is 2.21. The van der Waals surface area contributed by atoms with Crippen LogP contribution < -0.4 is 0 Å². The van der Waals surface area contributed by atoms with Gasteiger partial charge in [0.1, 0.15) is 6.04 Å². The van der Waals surface area contributed by atoms with Gasteiger partial charge < -0.3 is 19.6 Å². The molecule has 0 aromatic rings. The normalized spacial score (nSPS) is 23.4. The number of carbonyl (C=O) groups excluding carboxylic acids is 1. The van der Waals surface area contributed by atoms with Gasteiger partial charge in [0.25, 0.3) is 0 Å². The number of amides is 2. The highest BCUT2D eigenvalue weighted by atomic mass is 16.5. The Kier molecular flexibility index (Phi) is 5.00. The summed E-state index contributed by atoms with van der Waals surface area (Å²) in [6, 6.07) is -0.814. The third kappa shape index (κ3) is 3.30. The zero-order valence-corrected chi connectivity index (χ0v) is 11.9. The number of carbonyl (C=O) groups is 2. The van der Waals surface area contributed by atoms with Gasteiger partial charge in [-0.1, -0.05) is 6.08 Å². The van der Waals surface area contributed by atoms with Crippen molar-refractivity contribution in [3.05, 3.63) is 11.6 Å². The molecule has 1 fully saturated rings. The quantitative estimate of drug-likeness (QED) is 0.793. The topological polar surface area (TPSA) is 70.1 Å². The minimum absolute atomic E-state index is 0.148. The number of methoxy groups -OCH3 is 1. The molecule has 2 aliphatic heterocycles. The summed E-state index contributed by atoms with van der Waals surface area (Å²) in [7, 11) is 1.66. The molecular formula is C14H22N2O4. The minimum Gasteiger partial charge on any atom is -0.480 e. The lowest BCUT2D eigenvalue weighted by Crippen LogP contribution is -2.53. The van der Waals surface area contributed by atoms with Crippen LogP contribution in [-0.4, -0.2) is 66.3 Å². The van der Waals surface area contributed by atoms with Crippen LogP contribution in [0.3, 0.4) is 0 Å². The van der Waals surface area contributed by atoms with Gasteiger partial charge in [-0.2, -0.15) is 0 Å². The first-order valence-electron chi connectivity index (χ1n) is 7.08. The Bertz CT molecular complexity index is 408. The van der Waals surface area contributed by atoms with Gasteiger partial charge in [0.2, 0.25) is 0 Å². The second kappa shape index (κ2) is 6.74. The highest BCUT2D eigenvalue weighted by molar-refractivity contribution is 5.83. The number of aliphatic carboxylic acids is 1. The predicted octanol–water partition coefficient (Wildman–Crippen LogP) is 1.32. The van der Waals surface area contributed by atoms with Crippen molar-refractivity contribution in [3.63, 3.8) is 0 Å². The second-order valence-electron chi connectivity index (χ2n) is 5.32. The third-order valence-corrected chi connectivity index (χ3v) is 3.94. The van der Waals surface area contributed by atoms with Crippen molar-refractivity contribution in [2.75, 3.05) is 33.4 Å². The summed E-state index contributed by atoms with van der Waals surface area (Å²) in [5.41, 5.74) is 1.20. The molecule has 6 nitrogen and oxygen atoms in total. The van der Waals surface area contributed by atoms with Crippen molar-refractivity contribution in [1.29, 1.82) is 0 Å². The number of ether oxygens (including phenoxy) is 1. The van der Waals surface area contributed by atoms with E-state index in [0.29, 0.717) is 32.7 Å². The van der Waals surface area contributed by atoms with Crippen molar-refractivity contribution >= 4 is 12.0 Å². The fourth-order valence-corrected chi connectivity index (χ4v) is 2.80. The summed E-state index contributed by atoms with van der Waals surface area (Å²) in [5.74, 6) is -0.898. The molecule has 2 aliphatic rings. The van der Waals surface area contributed by atoms with E-state index < -0.39 is 12.0 Å². The average molecular weight is 282 g/mol. The number of carboxylic acids is 1. The molecular weight excluding hydrogens is 260 g/mol. The number of rotatable bonds is 3. The first-order valence-corrected chi connectivity index (χ1v) is 7.08. The van der Waals surface area contributed by atoms with E-state index in [0.717, 1.165) is 19.3 Å². The van der Waals surface area contributed by atoms with Gasteiger partial charge in [0.05, 0.1) is 6.61 Å². The van der Waals surface area contributed by atoms with Crippen LogP contribution in [0.5, 0.6) is 0 Å². The number of likely N-dealkylation sites (tertiary alicyclic amines) is 1. The van der Waals surface area contributed by atoms with Crippen molar-refractivity contribution in [2.24, 2.45) is 0 Å².